The minimum atomic E-state index is 0. The van der Waals surface area contributed by atoms with Gasteiger partial charge in [-0.2, -0.15) is 0 Å². The molecule has 1 aromatic rings. The Labute approximate surface area is 133 Å². The van der Waals surface area contributed by atoms with Crippen LogP contribution in [-0.2, 0) is 11.2 Å². The van der Waals surface area contributed by atoms with Crippen molar-refractivity contribution < 1.29 is 9.53 Å². The molecule has 2 N–H and O–H groups in total. The number of benzene rings is 1. The van der Waals surface area contributed by atoms with Crippen molar-refractivity contribution in [3.05, 3.63) is 29.8 Å². The molecule has 1 saturated heterocycles. The fraction of sp³-hybridized carbons (Fsp3) is 0.562. The van der Waals surface area contributed by atoms with E-state index in [1.54, 1.807) is 0 Å². The third kappa shape index (κ3) is 6.36. The van der Waals surface area contributed by atoms with Crippen molar-refractivity contribution in [3.8, 4) is 5.75 Å². The topological polar surface area (TPSA) is 50.4 Å². The molecular weight excluding hydrogens is 288 g/mol. The smallest absolute Gasteiger partial charge is 0.224 e. The molecule has 0 radical (unpaired) electrons. The number of rotatable bonds is 5. The number of ether oxygens (including phenoxy) is 1. The van der Waals surface area contributed by atoms with Crippen LogP contribution >= 0.6 is 12.4 Å². The van der Waals surface area contributed by atoms with Gasteiger partial charge >= 0.3 is 0 Å². The molecule has 0 bridgehead atoms. The first-order chi connectivity index (χ1) is 9.63. The standard InChI is InChI=1S/C16H24N2O2.ClH/c1-12(2)20-15-7-3-5-13(9-15)10-16(19)18-14-6-4-8-17-11-14;/h3,5,7,9,12,14,17H,4,6,8,10-11H2,1-2H3,(H,18,19);1H/t14-;/m0./s1. The van der Waals surface area contributed by atoms with Crippen LogP contribution < -0.4 is 15.4 Å². The predicted octanol–water partition coefficient (Wildman–Crippen LogP) is 2.31. The molecule has 0 aliphatic carbocycles. The van der Waals surface area contributed by atoms with Crippen LogP contribution in [0, 0.1) is 0 Å². The van der Waals surface area contributed by atoms with Crippen molar-refractivity contribution in [2.75, 3.05) is 13.1 Å². The normalized spacial score (nSPS) is 18.0. The molecule has 5 heteroatoms. The molecule has 1 aliphatic heterocycles. The highest BCUT2D eigenvalue weighted by atomic mass is 35.5. The second kappa shape index (κ2) is 8.90. The van der Waals surface area contributed by atoms with Crippen LogP contribution in [0.2, 0.25) is 0 Å². The molecule has 0 spiro atoms. The number of carbonyl (C=O) groups excluding carboxylic acids is 1. The van der Waals surface area contributed by atoms with Crippen molar-refractivity contribution in [2.24, 2.45) is 0 Å². The zero-order valence-corrected chi connectivity index (χ0v) is 13.5. The van der Waals surface area contributed by atoms with Crippen molar-refractivity contribution in [3.63, 3.8) is 0 Å². The summed E-state index contributed by atoms with van der Waals surface area (Å²) in [6.45, 7) is 5.92. The van der Waals surface area contributed by atoms with Gasteiger partial charge in [-0.1, -0.05) is 12.1 Å². The minimum Gasteiger partial charge on any atom is -0.491 e. The second-order valence-corrected chi connectivity index (χ2v) is 5.60. The van der Waals surface area contributed by atoms with Gasteiger partial charge in [-0.25, -0.2) is 0 Å². The Morgan fingerprint density at radius 3 is 2.95 bits per heavy atom. The molecule has 1 amide bonds. The Kier molecular flexibility index (Phi) is 7.54. The summed E-state index contributed by atoms with van der Waals surface area (Å²) in [5.74, 6) is 0.907. The lowest BCUT2D eigenvalue weighted by Gasteiger charge is -2.23. The summed E-state index contributed by atoms with van der Waals surface area (Å²) in [4.78, 5) is 12.0. The number of amides is 1. The van der Waals surface area contributed by atoms with Gasteiger partial charge in [0, 0.05) is 12.6 Å². The van der Waals surface area contributed by atoms with Gasteiger partial charge in [0.25, 0.3) is 0 Å². The van der Waals surface area contributed by atoms with Crippen LogP contribution in [0.1, 0.15) is 32.3 Å². The first kappa shape index (κ1) is 17.8. The van der Waals surface area contributed by atoms with Crippen LogP contribution in [0.3, 0.4) is 0 Å². The van der Waals surface area contributed by atoms with E-state index in [2.05, 4.69) is 10.6 Å². The van der Waals surface area contributed by atoms with E-state index in [-0.39, 0.29) is 30.5 Å². The van der Waals surface area contributed by atoms with E-state index in [9.17, 15) is 4.79 Å². The van der Waals surface area contributed by atoms with E-state index in [1.807, 2.05) is 38.1 Å². The molecule has 1 aromatic carbocycles. The zero-order valence-electron chi connectivity index (χ0n) is 12.7. The molecule has 0 aromatic heterocycles. The third-order valence-electron chi connectivity index (χ3n) is 3.30. The zero-order chi connectivity index (χ0) is 14.4. The minimum absolute atomic E-state index is 0. The van der Waals surface area contributed by atoms with E-state index in [4.69, 9.17) is 4.74 Å². The number of nitrogens with one attached hydrogen (secondary N) is 2. The van der Waals surface area contributed by atoms with E-state index in [0.29, 0.717) is 6.42 Å². The molecule has 1 atom stereocenters. The molecule has 1 aliphatic rings. The summed E-state index contributed by atoms with van der Waals surface area (Å²) in [6, 6.07) is 8.03. The summed E-state index contributed by atoms with van der Waals surface area (Å²) >= 11 is 0. The van der Waals surface area contributed by atoms with Crippen molar-refractivity contribution in [1.82, 2.24) is 10.6 Å². The molecule has 4 nitrogen and oxygen atoms in total. The largest absolute Gasteiger partial charge is 0.491 e. The summed E-state index contributed by atoms with van der Waals surface area (Å²) in [6.07, 6.45) is 2.75. The van der Waals surface area contributed by atoms with E-state index < -0.39 is 0 Å². The Bertz CT molecular complexity index is 446. The van der Waals surface area contributed by atoms with Gasteiger partial charge in [0.15, 0.2) is 0 Å². The quantitative estimate of drug-likeness (QED) is 0.877. The fourth-order valence-corrected chi connectivity index (χ4v) is 2.44. The maximum Gasteiger partial charge on any atom is 0.224 e. The van der Waals surface area contributed by atoms with E-state index in [0.717, 1.165) is 37.2 Å². The van der Waals surface area contributed by atoms with Gasteiger partial charge in [0.1, 0.15) is 5.75 Å². The van der Waals surface area contributed by atoms with Crippen LogP contribution in [0.25, 0.3) is 0 Å². The molecule has 118 valence electrons. The van der Waals surface area contributed by atoms with Crippen molar-refractivity contribution in [1.29, 1.82) is 0 Å². The average Bonchev–Trinajstić information content (AvgIpc) is 2.39. The summed E-state index contributed by atoms with van der Waals surface area (Å²) in [5.41, 5.74) is 0.990. The Morgan fingerprint density at radius 1 is 1.48 bits per heavy atom. The predicted molar refractivity (Wildman–Crippen MR) is 87.2 cm³/mol. The van der Waals surface area contributed by atoms with Gasteiger partial charge in [-0.15, -0.1) is 12.4 Å². The SMILES string of the molecule is CC(C)Oc1cccc(CC(=O)N[C@H]2CCCNC2)c1.Cl. The highest BCUT2D eigenvalue weighted by Gasteiger charge is 2.15. The number of hydrogen-bond acceptors (Lipinski definition) is 3. The molecular formula is C16H25ClN2O2. The van der Waals surface area contributed by atoms with Gasteiger partial charge in [-0.05, 0) is 50.9 Å². The molecule has 21 heavy (non-hydrogen) atoms. The number of piperidine rings is 1. The van der Waals surface area contributed by atoms with Crippen LogP contribution in [0.5, 0.6) is 5.75 Å². The van der Waals surface area contributed by atoms with Gasteiger partial charge < -0.3 is 15.4 Å². The van der Waals surface area contributed by atoms with Gasteiger partial charge in [-0.3, -0.25) is 4.79 Å². The van der Waals surface area contributed by atoms with E-state index in [1.165, 1.54) is 0 Å². The fourth-order valence-electron chi connectivity index (χ4n) is 2.44. The number of carbonyl (C=O) groups is 1. The lowest BCUT2D eigenvalue weighted by atomic mass is 10.1. The molecule has 2 rings (SSSR count). The number of hydrogen-bond donors (Lipinski definition) is 2. The van der Waals surface area contributed by atoms with Crippen LogP contribution in [-0.4, -0.2) is 31.1 Å². The highest BCUT2D eigenvalue weighted by molar-refractivity contribution is 5.85. The molecule has 0 unspecified atom stereocenters. The molecule has 1 fully saturated rings. The van der Waals surface area contributed by atoms with Crippen molar-refractivity contribution >= 4 is 18.3 Å². The summed E-state index contributed by atoms with van der Waals surface area (Å²) in [5, 5.41) is 6.39. The summed E-state index contributed by atoms with van der Waals surface area (Å²) < 4.78 is 5.64. The Balaban J connectivity index is 0.00000220. The lowest BCUT2D eigenvalue weighted by molar-refractivity contribution is -0.121. The van der Waals surface area contributed by atoms with E-state index >= 15 is 0 Å². The molecule has 1 heterocycles. The number of halogens is 1. The Morgan fingerprint density at radius 2 is 2.29 bits per heavy atom. The first-order valence-electron chi connectivity index (χ1n) is 7.39. The Hall–Kier alpha value is -1.26. The monoisotopic (exact) mass is 312 g/mol. The molecule has 0 saturated carbocycles. The summed E-state index contributed by atoms with van der Waals surface area (Å²) in [7, 11) is 0. The van der Waals surface area contributed by atoms with Gasteiger partial charge in [0.05, 0.1) is 12.5 Å². The van der Waals surface area contributed by atoms with Gasteiger partial charge in [0.2, 0.25) is 5.91 Å². The maximum atomic E-state index is 12.0. The third-order valence-corrected chi connectivity index (χ3v) is 3.30. The van der Waals surface area contributed by atoms with Crippen molar-refractivity contribution in [2.45, 2.75) is 45.3 Å². The van der Waals surface area contributed by atoms with Crippen LogP contribution in [0.15, 0.2) is 24.3 Å². The van der Waals surface area contributed by atoms with Crippen LogP contribution in [0.4, 0.5) is 0 Å². The second-order valence-electron chi connectivity index (χ2n) is 5.60. The highest BCUT2D eigenvalue weighted by Crippen LogP contribution is 2.15. The average molecular weight is 313 g/mol. The first-order valence-corrected chi connectivity index (χ1v) is 7.39. The lowest BCUT2D eigenvalue weighted by Crippen LogP contribution is -2.46. The maximum absolute atomic E-state index is 12.0.